The first-order valence-electron chi connectivity index (χ1n) is 2.24. The third-order valence-corrected chi connectivity index (χ3v) is 0.667. The molecule has 1 aromatic rings. The van der Waals surface area contributed by atoms with E-state index in [1.807, 2.05) is 36.4 Å². The average molecular weight is 150 g/mol. The van der Waals surface area contributed by atoms with Gasteiger partial charge in [0.2, 0.25) is 0 Å². The van der Waals surface area contributed by atoms with Crippen LogP contribution in [0.15, 0.2) is 36.4 Å². The van der Waals surface area contributed by atoms with E-state index in [-0.39, 0.29) is 29.6 Å². The fraction of sp³-hybridized carbons (Fsp3) is 0. The Morgan fingerprint density at radius 1 is 0.667 bits per heavy atom. The van der Waals surface area contributed by atoms with E-state index in [0.717, 1.165) is 0 Å². The van der Waals surface area contributed by atoms with Crippen LogP contribution in [0.4, 0.5) is 0 Å². The molecule has 0 saturated heterocycles. The number of hydrogen-bond donors (Lipinski definition) is 0. The third kappa shape index (κ3) is 8.61. The van der Waals surface area contributed by atoms with Gasteiger partial charge in [0.05, 0.1) is 0 Å². The predicted molar refractivity (Wildman–Crippen MR) is 36.2 cm³/mol. The van der Waals surface area contributed by atoms with Gasteiger partial charge in [-0.05, 0) is 0 Å². The molecule has 1 nitrogen and oxygen atoms in total. The molecular weight excluding hydrogens is 142 g/mol. The second-order valence-corrected chi connectivity index (χ2v) is 1.15. The van der Waals surface area contributed by atoms with Gasteiger partial charge in [-0.1, -0.05) is 36.4 Å². The van der Waals surface area contributed by atoms with Crippen LogP contribution in [0.2, 0.25) is 0 Å². The summed E-state index contributed by atoms with van der Waals surface area (Å²) in [6.07, 6.45) is 0. The van der Waals surface area contributed by atoms with E-state index in [9.17, 15) is 0 Å². The van der Waals surface area contributed by atoms with Crippen LogP contribution in [0.1, 0.15) is 0 Å². The Labute approximate surface area is 80.1 Å². The number of hydrogen-bond acceptors (Lipinski definition) is 1. The fourth-order valence-electron chi connectivity index (χ4n) is 0.385. The van der Waals surface area contributed by atoms with Crippen LogP contribution in [0.25, 0.3) is 0 Å². The van der Waals surface area contributed by atoms with Crippen molar-refractivity contribution in [1.29, 1.82) is 0 Å². The standard InChI is InChI=1S/C6H6.Na.H2OP/c1-2-4-6-5-3-1;;1-2/h1-6H;;2H2/q;+1;-1. The van der Waals surface area contributed by atoms with Gasteiger partial charge in [0.1, 0.15) is 0 Å². The number of rotatable bonds is 0. The summed E-state index contributed by atoms with van der Waals surface area (Å²) in [5.74, 6) is 0. The van der Waals surface area contributed by atoms with Gasteiger partial charge in [0.15, 0.2) is 0 Å². The minimum atomic E-state index is 0. The van der Waals surface area contributed by atoms with Crippen molar-refractivity contribution in [1.82, 2.24) is 0 Å². The van der Waals surface area contributed by atoms with E-state index in [1.165, 1.54) is 9.47 Å². The topological polar surface area (TPSA) is 23.1 Å². The summed E-state index contributed by atoms with van der Waals surface area (Å²) in [7, 11) is 1.17. The van der Waals surface area contributed by atoms with Gasteiger partial charge in [-0.15, -0.1) is 0 Å². The molecular formula is C6H8NaOP. The molecule has 0 N–H and O–H groups in total. The third-order valence-electron chi connectivity index (χ3n) is 0.667. The zero-order chi connectivity index (χ0) is 6.24. The van der Waals surface area contributed by atoms with Crippen LogP contribution in [0, 0.1) is 0 Å². The first kappa shape index (κ1) is 12.3. The summed E-state index contributed by atoms with van der Waals surface area (Å²) in [4.78, 5) is 8.17. The van der Waals surface area contributed by atoms with Crippen molar-refractivity contribution in [3.8, 4) is 0 Å². The first-order chi connectivity index (χ1) is 4.00. The van der Waals surface area contributed by atoms with E-state index >= 15 is 0 Å². The van der Waals surface area contributed by atoms with Crippen molar-refractivity contribution in [2.24, 2.45) is 0 Å². The monoisotopic (exact) mass is 150 g/mol. The quantitative estimate of drug-likeness (QED) is 0.305. The maximum atomic E-state index is 8.17. The molecule has 0 aliphatic carbocycles. The zero-order valence-corrected chi connectivity index (χ0v) is 8.60. The van der Waals surface area contributed by atoms with Gasteiger partial charge in [-0.2, -0.15) is 0 Å². The Balaban J connectivity index is 0. The van der Waals surface area contributed by atoms with Gasteiger partial charge >= 0.3 is 29.6 Å². The Morgan fingerprint density at radius 2 is 0.778 bits per heavy atom. The molecule has 3 heteroatoms. The molecule has 0 radical (unpaired) electrons. The summed E-state index contributed by atoms with van der Waals surface area (Å²) in [6.45, 7) is 0. The largest absolute Gasteiger partial charge is 1.00 e. The molecule has 0 amide bonds. The Bertz CT molecular complexity index is 85.0. The van der Waals surface area contributed by atoms with Crippen LogP contribution < -0.4 is 34.5 Å². The molecule has 0 aliphatic heterocycles. The van der Waals surface area contributed by atoms with E-state index in [0.29, 0.717) is 0 Å². The van der Waals surface area contributed by atoms with E-state index in [2.05, 4.69) is 0 Å². The summed E-state index contributed by atoms with van der Waals surface area (Å²) in [5.41, 5.74) is 0. The molecule has 1 aromatic carbocycles. The van der Waals surface area contributed by atoms with Gasteiger partial charge in [0, 0.05) is 0 Å². The molecule has 0 spiro atoms. The molecule has 44 valence electrons. The SMILES string of the molecule is [Na+].[O-]P.c1ccccc1. The summed E-state index contributed by atoms with van der Waals surface area (Å²) in [6, 6.07) is 12.0. The smallest absolute Gasteiger partial charge is 0.834 e. The van der Waals surface area contributed by atoms with Crippen molar-refractivity contribution >= 4 is 9.47 Å². The molecule has 0 aliphatic rings. The molecule has 1 rings (SSSR count). The van der Waals surface area contributed by atoms with Gasteiger partial charge in [0.25, 0.3) is 0 Å². The molecule has 1 atom stereocenters. The van der Waals surface area contributed by atoms with E-state index < -0.39 is 0 Å². The summed E-state index contributed by atoms with van der Waals surface area (Å²) < 4.78 is 0. The van der Waals surface area contributed by atoms with Gasteiger partial charge in [-0.3, -0.25) is 0 Å². The molecule has 0 bridgehead atoms. The fourth-order valence-corrected chi connectivity index (χ4v) is 0.385. The predicted octanol–water partition coefficient (Wildman–Crippen LogP) is -2.17. The Hall–Kier alpha value is 0.610. The second-order valence-electron chi connectivity index (χ2n) is 1.15. The molecule has 0 saturated carbocycles. The second kappa shape index (κ2) is 11.4. The summed E-state index contributed by atoms with van der Waals surface area (Å²) in [5, 5.41) is 0. The van der Waals surface area contributed by atoms with Crippen LogP contribution in [0.5, 0.6) is 0 Å². The van der Waals surface area contributed by atoms with Crippen molar-refractivity contribution in [2.45, 2.75) is 0 Å². The van der Waals surface area contributed by atoms with Crippen molar-refractivity contribution in [2.75, 3.05) is 0 Å². The van der Waals surface area contributed by atoms with Crippen molar-refractivity contribution in [3.63, 3.8) is 0 Å². The first-order valence-corrected chi connectivity index (χ1v) is 2.71. The molecule has 0 aromatic heterocycles. The zero-order valence-electron chi connectivity index (χ0n) is 5.45. The summed E-state index contributed by atoms with van der Waals surface area (Å²) >= 11 is 0. The minimum Gasteiger partial charge on any atom is -0.834 e. The maximum Gasteiger partial charge on any atom is 1.00 e. The van der Waals surface area contributed by atoms with Gasteiger partial charge in [-0.25, -0.2) is 9.47 Å². The van der Waals surface area contributed by atoms with Crippen molar-refractivity contribution < 1.29 is 34.5 Å². The van der Waals surface area contributed by atoms with Crippen LogP contribution in [0.3, 0.4) is 0 Å². The van der Waals surface area contributed by atoms with Crippen LogP contribution in [-0.2, 0) is 0 Å². The average Bonchev–Trinajstić information content (AvgIpc) is 1.96. The van der Waals surface area contributed by atoms with Gasteiger partial charge < -0.3 is 4.89 Å². The molecule has 9 heavy (non-hydrogen) atoms. The van der Waals surface area contributed by atoms with E-state index in [1.54, 1.807) is 0 Å². The maximum absolute atomic E-state index is 8.17. The van der Waals surface area contributed by atoms with E-state index in [4.69, 9.17) is 4.89 Å². The molecule has 0 heterocycles. The molecule has 1 unspecified atom stereocenters. The number of benzene rings is 1. The Kier molecular flexibility index (Phi) is 15.6. The molecule has 0 fully saturated rings. The minimum absolute atomic E-state index is 0. The van der Waals surface area contributed by atoms with Crippen molar-refractivity contribution in [3.05, 3.63) is 36.4 Å². The Morgan fingerprint density at radius 3 is 0.889 bits per heavy atom. The normalized spacial score (nSPS) is 6.00. The van der Waals surface area contributed by atoms with Crippen LogP contribution in [-0.4, -0.2) is 0 Å². The van der Waals surface area contributed by atoms with Crippen LogP contribution >= 0.6 is 9.47 Å².